The van der Waals surface area contributed by atoms with Crippen LogP contribution in [0.5, 0.6) is 0 Å². The summed E-state index contributed by atoms with van der Waals surface area (Å²) in [6.07, 6.45) is 1.07. The van der Waals surface area contributed by atoms with Crippen molar-refractivity contribution in [2.24, 2.45) is 0 Å². The summed E-state index contributed by atoms with van der Waals surface area (Å²) in [5.41, 5.74) is -1.62. The zero-order valence-electron chi connectivity index (χ0n) is 8.40. The van der Waals surface area contributed by atoms with Crippen LogP contribution in [0.3, 0.4) is 0 Å². The Morgan fingerprint density at radius 3 is 2.86 bits per heavy atom. The van der Waals surface area contributed by atoms with E-state index >= 15 is 0 Å². The predicted molar refractivity (Wildman–Crippen MR) is 56.6 cm³/mol. The summed E-state index contributed by atoms with van der Waals surface area (Å²) >= 11 is 1.88. The zero-order chi connectivity index (χ0) is 10.6. The van der Waals surface area contributed by atoms with Crippen molar-refractivity contribution in [1.29, 1.82) is 0 Å². The van der Waals surface area contributed by atoms with E-state index in [0.29, 0.717) is 0 Å². The van der Waals surface area contributed by atoms with Crippen LogP contribution >= 0.6 is 11.8 Å². The summed E-state index contributed by atoms with van der Waals surface area (Å²) in [6, 6.07) is 0. The van der Waals surface area contributed by atoms with Gasteiger partial charge in [0.05, 0.1) is 0 Å². The first-order valence-electron chi connectivity index (χ1n) is 4.78. The van der Waals surface area contributed by atoms with Gasteiger partial charge in [0.25, 0.3) is 0 Å². The molecular formula is C9H17NO3S. The molecule has 4 nitrogen and oxygen atoms in total. The number of aliphatic carboxylic acids is 1. The lowest BCUT2D eigenvalue weighted by atomic mass is 10.1. The van der Waals surface area contributed by atoms with Crippen LogP contribution in [0.2, 0.25) is 0 Å². The van der Waals surface area contributed by atoms with Crippen molar-refractivity contribution in [1.82, 2.24) is 4.90 Å². The lowest BCUT2D eigenvalue weighted by Crippen LogP contribution is -2.47. The molecule has 1 atom stereocenters. The molecule has 1 saturated heterocycles. The second-order valence-electron chi connectivity index (χ2n) is 3.82. The van der Waals surface area contributed by atoms with Crippen LogP contribution in [0.4, 0.5) is 0 Å². The number of thioether (sulfide) groups is 1. The summed E-state index contributed by atoms with van der Waals surface area (Å²) in [6.45, 7) is 3.33. The van der Waals surface area contributed by atoms with E-state index in [-0.39, 0.29) is 6.54 Å². The number of hydrogen-bond donors (Lipinski definition) is 2. The molecule has 1 fully saturated rings. The minimum absolute atomic E-state index is 0.225. The van der Waals surface area contributed by atoms with E-state index < -0.39 is 11.6 Å². The molecule has 2 N–H and O–H groups in total. The first-order valence-corrected chi connectivity index (χ1v) is 5.94. The molecule has 1 aliphatic heterocycles. The van der Waals surface area contributed by atoms with Crippen LogP contribution in [0.25, 0.3) is 0 Å². The molecule has 14 heavy (non-hydrogen) atoms. The van der Waals surface area contributed by atoms with E-state index in [0.717, 1.165) is 31.0 Å². The van der Waals surface area contributed by atoms with E-state index in [4.69, 9.17) is 5.11 Å². The monoisotopic (exact) mass is 219 g/mol. The number of rotatable bonds is 3. The van der Waals surface area contributed by atoms with Crippen LogP contribution in [-0.2, 0) is 4.79 Å². The fraction of sp³-hybridized carbons (Fsp3) is 0.889. The van der Waals surface area contributed by atoms with E-state index in [1.54, 1.807) is 0 Å². The normalized spacial score (nSPS) is 23.9. The van der Waals surface area contributed by atoms with Crippen molar-refractivity contribution < 1.29 is 15.0 Å². The average Bonchev–Trinajstić information content (AvgIpc) is 2.32. The predicted octanol–water partition coefficient (Wildman–Crippen LogP) is 0.261. The van der Waals surface area contributed by atoms with E-state index in [2.05, 4.69) is 0 Å². The Labute approximate surface area is 88.3 Å². The molecular weight excluding hydrogens is 202 g/mol. The van der Waals surface area contributed by atoms with Crippen LogP contribution < -0.4 is 0 Å². The Bertz CT molecular complexity index is 200. The molecule has 0 bridgehead atoms. The molecule has 0 aromatic carbocycles. The highest BCUT2D eigenvalue weighted by Gasteiger charge is 2.32. The van der Waals surface area contributed by atoms with Gasteiger partial charge in [0, 0.05) is 18.8 Å². The summed E-state index contributed by atoms with van der Waals surface area (Å²) < 4.78 is 0. The standard InChI is InChI=1S/C9H17NO3S/c1-9(13,8(11)12)7-10-3-2-5-14-6-4-10/h13H,2-7H2,1H3,(H,11,12). The SMILES string of the molecule is CC(O)(CN1CCCSCC1)C(=O)O. The van der Waals surface area contributed by atoms with Gasteiger partial charge in [-0.05, 0) is 25.6 Å². The van der Waals surface area contributed by atoms with Gasteiger partial charge in [-0.2, -0.15) is 11.8 Å². The molecule has 1 rings (SSSR count). The third-order valence-corrected chi connectivity index (χ3v) is 3.36. The molecule has 0 saturated carbocycles. The number of aliphatic hydroxyl groups is 1. The van der Waals surface area contributed by atoms with E-state index in [9.17, 15) is 9.90 Å². The molecule has 5 heteroatoms. The number of β-amino-alcohol motifs (C(OH)–C–C–N with tert-alkyl or cyclic N) is 1. The first-order chi connectivity index (χ1) is 6.52. The topological polar surface area (TPSA) is 60.8 Å². The van der Waals surface area contributed by atoms with Gasteiger partial charge >= 0.3 is 5.97 Å². The number of carboxylic acid groups (broad SMARTS) is 1. The molecule has 82 valence electrons. The molecule has 0 spiro atoms. The summed E-state index contributed by atoms with van der Waals surface area (Å²) in [7, 11) is 0. The summed E-state index contributed by atoms with van der Waals surface area (Å²) in [4.78, 5) is 12.7. The highest BCUT2D eigenvalue weighted by Crippen LogP contribution is 2.13. The molecule has 1 aliphatic rings. The largest absolute Gasteiger partial charge is 0.479 e. The Kier molecular flexibility index (Phi) is 4.22. The maximum absolute atomic E-state index is 10.7. The zero-order valence-corrected chi connectivity index (χ0v) is 9.22. The lowest BCUT2D eigenvalue weighted by Gasteiger charge is -2.27. The maximum Gasteiger partial charge on any atom is 0.336 e. The molecule has 0 amide bonds. The highest BCUT2D eigenvalue weighted by molar-refractivity contribution is 7.99. The highest BCUT2D eigenvalue weighted by atomic mass is 32.2. The Morgan fingerprint density at radius 1 is 1.50 bits per heavy atom. The number of carbonyl (C=O) groups is 1. The van der Waals surface area contributed by atoms with Crippen molar-refractivity contribution in [3.05, 3.63) is 0 Å². The van der Waals surface area contributed by atoms with Crippen LogP contribution in [0.15, 0.2) is 0 Å². The lowest BCUT2D eigenvalue weighted by molar-refractivity contribution is -0.158. The Balaban J connectivity index is 2.45. The Morgan fingerprint density at radius 2 is 2.21 bits per heavy atom. The van der Waals surface area contributed by atoms with Crippen LogP contribution in [0, 0.1) is 0 Å². The molecule has 0 radical (unpaired) electrons. The third kappa shape index (κ3) is 3.48. The quantitative estimate of drug-likeness (QED) is 0.713. The molecule has 0 aromatic heterocycles. The van der Waals surface area contributed by atoms with Crippen molar-refractivity contribution in [3.8, 4) is 0 Å². The fourth-order valence-corrected chi connectivity index (χ4v) is 2.38. The first kappa shape index (κ1) is 11.8. The molecule has 1 unspecified atom stereocenters. The van der Waals surface area contributed by atoms with Gasteiger partial charge in [-0.25, -0.2) is 4.79 Å². The fourth-order valence-electron chi connectivity index (χ4n) is 1.46. The number of hydrogen-bond acceptors (Lipinski definition) is 4. The van der Waals surface area contributed by atoms with Crippen molar-refractivity contribution in [2.75, 3.05) is 31.1 Å². The minimum Gasteiger partial charge on any atom is -0.479 e. The van der Waals surface area contributed by atoms with Crippen LogP contribution in [-0.4, -0.2) is 57.8 Å². The van der Waals surface area contributed by atoms with Gasteiger partial charge in [0.1, 0.15) is 0 Å². The van der Waals surface area contributed by atoms with Gasteiger partial charge in [0.2, 0.25) is 0 Å². The van der Waals surface area contributed by atoms with Crippen molar-refractivity contribution >= 4 is 17.7 Å². The molecule has 1 heterocycles. The van der Waals surface area contributed by atoms with Crippen molar-refractivity contribution in [3.63, 3.8) is 0 Å². The van der Waals surface area contributed by atoms with Gasteiger partial charge in [-0.1, -0.05) is 0 Å². The number of nitrogens with zero attached hydrogens (tertiary/aromatic N) is 1. The second kappa shape index (κ2) is 5.00. The third-order valence-electron chi connectivity index (χ3n) is 2.31. The summed E-state index contributed by atoms with van der Waals surface area (Å²) in [5, 5.41) is 18.3. The van der Waals surface area contributed by atoms with Crippen molar-refractivity contribution in [2.45, 2.75) is 18.9 Å². The van der Waals surface area contributed by atoms with Gasteiger partial charge in [0.15, 0.2) is 5.60 Å². The van der Waals surface area contributed by atoms with Gasteiger partial charge < -0.3 is 10.2 Å². The van der Waals surface area contributed by atoms with Gasteiger partial charge in [-0.3, -0.25) is 4.90 Å². The number of carboxylic acids is 1. The van der Waals surface area contributed by atoms with Gasteiger partial charge in [-0.15, -0.1) is 0 Å². The second-order valence-corrected chi connectivity index (χ2v) is 5.05. The minimum atomic E-state index is -1.62. The van der Waals surface area contributed by atoms with E-state index in [1.807, 2.05) is 16.7 Å². The molecule has 0 aliphatic carbocycles. The maximum atomic E-state index is 10.7. The smallest absolute Gasteiger partial charge is 0.336 e. The van der Waals surface area contributed by atoms with E-state index in [1.165, 1.54) is 6.92 Å². The molecule has 0 aromatic rings. The summed E-state index contributed by atoms with van der Waals surface area (Å²) in [5.74, 6) is 1.01. The Hall–Kier alpha value is -0.260. The van der Waals surface area contributed by atoms with Crippen LogP contribution in [0.1, 0.15) is 13.3 Å². The average molecular weight is 219 g/mol.